The molecule has 0 aliphatic rings. The highest BCUT2D eigenvalue weighted by Gasteiger charge is 2.09. The summed E-state index contributed by atoms with van der Waals surface area (Å²) in [5, 5.41) is 7.40. The van der Waals surface area contributed by atoms with Gasteiger partial charge < -0.3 is 0 Å². The first-order chi connectivity index (χ1) is 10.9. The summed E-state index contributed by atoms with van der Waals surface area (Å²) in [7, 11) is 0. The van der Waals surface area contributed by atoms with Gasteiger partial charge in [0.1, 0.15) is 0 Å². The van der Waals surface area contributed by atoms with Crippen molar-refractivity contribution in [2.24, 2.45) is 0 Å². The first kappa shape index (κ1) is 11.6. The maximum atomic E-state index is 4.50. The number of pyridine rings is 2. The molecule has 2 heterocycles. The monoisotopic (exact) mass is 280 g/mol. The zero-order valence-corrected chi connectivity index (χ0v) is 11.8. The zero-order valence-electron chi connectivity index (χ0n) is 11.8. The van der Waals surface area contributed by atoms with Gasteiger partial charge in [-0.3, -0.25) is 9.97 Å². The van der Waals surface area contributed by atoms with Crippen molar-refractivity contribution in [3.63, 3.8) is 0 Å². The molecule has 2 nitrogen and oxygen atoms in total. The van der Waals surface area contributed by atoms with Gasteiger partial charge in [0.05, 0.1) is 11.0 Å². The zero-order chi connectivity index (χ0) is 14.5. The van der Waals surface area contributed by atoms with Crippen LogP contribution >= 0.6 is 0 Å². The summed E-state index contributed by atoms with van der Waals surface area (Å²) in [5.41, 5.74) is 2.06. The SMILES string of the molecule is c1cnc2ccc3ccc4ccc5ncccc5c4c3c2c1. The highest BCUT2D eigenvalue weighted by Crippen LogP contribution is 2.35. The Kier molecular flexibility index (Phi) is 2.25. The second kappa shape index (κ2) is 4.25. The average Bonchev–Trinajstić information content (AvgIpc) is 2.60. The number of fused-ring (bicyclic) bond motifs is 7. The molecule has 2 heteroatoms. The van der Waals surface area contributed by atoms with E-state index < -0.39 is 0 Å². The van der Waals surface area contributed by atoms with E-state index in [0.29, 0.717) is 0 Å². The van der Waals surface area contributed by atoms with E-state index in [9.17, 15) is 0 Å². The predicted molar refractivity (Wildman–Crippen MR) is 92.1 cm³/mol. The Morgan fingerprint density at radius 2 is 0.955 bits per heavy atom. The number of rotatable bonds is 0. The lowest BCUT2D eigenvalue weighted by molar-refractivity contribution is 1.42. The lowest BCUT2D eigenvalue weighted by atomic mass is 9.95. The Morgan fingerprint density at radius 1 is 0.500 bits per heavy atom. The van der Waals surface area contributed by atoms with Crippen LogP contribution in [-0.4, -0.2) is 9.97 Å². The summed E-state index contributed by atoms with van der Waals surface area (Å²) in [6, 6.07) is 21.2. The number of aromatic nitrogens is 2. The fourth-order valence-corrected chi connectivity index (χ4v) is 3.35. The fraction of sp³-hybridized carbons (Fsp3) is 0. The Bertz CT molecular complexity index is 1070. The molecule has 5 rings (SSSR count). The van der Waals surface area contributed by atoms with Crippen LogP contribution in [0.1, 0.15) is 0 Å². The highest BCUT2D eigenvalue weighted by molar-refractivity contribution is 6.26. The molecule has 102 valence electrons. The summed E-state index contributed by atoms with van der Waals surface area (Å²) in [6.07, 6.45) is 3.69. The van der Waals surface area contributed by atoms with E-state index in [2.05, 4.69) is 58.5 Å². The molecule has 0 atom stereocenters. The smallest absolute Gasteiger partial charge is 0.0708 e. The van der Waals surface area contributed by atoms with Crippen LogP contribution in [0.5, 0.6) is 0 Å². The summed E-state index contributed by atoms with van der Waals surface area (Å²) in [4.78, 5) is 9.01. The first-order valence-corrected chi connectivity index (χ1v) is 7.36. The highest BCUT2D eigenvalue weighted by atomic mass is 14.6. The molecule has 22 heavy (non-hydrogen) atoms. The van der Waals surface area contributed by atoms with Crippen molar-refractivity contribution in [1.82, 2.24) is 9.97 Å². The molecule has 0 amide bonds. The third-order valence-corrected chi connectivity index (χ3v) is 4.33. The largest absolute Gasteiger partial charge is 0.256 e. The molecule has 0 bridgehead atoms. The van der Waals surface area contributed by atoms with Crippen molar-refractivity contribution in [2.45, 2.75) is 0 Å². The summed E-state index contributed by atoms with van der Waals surface area (Å²) >= 11 is 0. The van der Waals surface area contributed by atoms with Gasteiger partial charge in [-0.15, -0.1) is 0 Å². The van der Waals surface area contributed by atoms with Gasteiger partial charge in [0, 0.05) is 23.2 Å². The molecule has 0 aliphatic heterocycles. The minimum Gasteiger partial charge on any atom is -0.256 e. The molecular formula is C20H12N2. The summed E-state index contributed by atoms with van der Waals surface area (Å²) in [5.74, 6) is 0. The van der Waals surface area contributed by atoms with E-state index in [1.807, 2.05) is 24.5 Å². The fourth-order valence-electron chi connectivity index (χ4n) is 3.35. The molecule has 0 spiro atoms. The van der Waals surface area contributed by atoms with Gasteiger partial charge in [0.2, 0.25) is 0 Å². The van der Waals surface area contributed by atoms with Gasteiger partial charge in [-0.25, -0.2) is 0 Å². The van der Waals surface area contributed by atoms with Crippen LogP contribution in [-0.2, 0) is 0 Å². The van der Waals surface area contributed by atoms with Gasteiger partial charge in [-0.1, -0.05) is 36.4 Å². The third kappa shape index (κ3) is 1.49. The van der Waals surface area contributed by atoms with Crippen molar-refractivity contribution in [3.05, 3.63) is 73.1 Å². The minimum absolute atomic E-state index is 1.03. The molecule has 0 aliphatic carbocycles. The maximum absolute atomic E-state index is 4.50. The normalized spacial score (nSPS) is 11.6. The molecule has 0 saturated carbocycles. The molecular weight excluding hydrogens is 268 g/mol. The van der Waals surface area contributed by atoms with Gasteiger partial charge in [0.15, 0.2) is 0 Å². The Balaban J connectivity index is 2.19. The van der Waals surface area contributed by atoms with E-state index in [-0.39, 0.29) is 0 Å². The number of nitrogens with zero attached hydrogens (tertiary/aromatic N) is 2. The standard InChI is InChI=1S/C20H12N2/c1-3-15-17(21-11-1)9-7-13-5-6-14-8-10-18-16(4-2-12-22-18)20(14)19(13)15/h1-12H. The van der Waals surface area contributed by atoms with E-state index in [1.165, 1.54) is 32.3 Å². The number of hydrogen-bond donors (Lipinski definition) is 0. The van der Waals surface area contributed by atoms with E-state index in [0.717, 1.165) is 11.0 Å². The van der Waals surface area contributed by atoms with Gasteiger partial charge in [0.25, 0.3) is 0 Å². The van der Waals surface area contributed by atoms with E-state index in [4.69, 9.17) is 0 Å². The van der Waals surface area contributed by atoms with Crippen LogP contribution in [0.25, 0.3) is 43.4 Å². The van der Waals surface area contributed by atoms with Crippen LogP contribution in [0.2, 0.25) is 0 Å². The molecule has 5 aromatic rings. The predicted octanol–water partition coefficient (Wildman–Crippen LogP) is 5.09. The summed E-state index contributed by atoms with van der Waals surface area (Å²) < 4.78 is 0. The average molecular weight is 280 g/mol. The van der Waals surface area contributed by atoms with E-state index >= 15 is 0 Å². The molecule has 3 aromatic carbocycles. The van der Waals surface area contributed by atoms with E-state index in [1.54, 1.807) is 0 Å². The molecule has 0 unspecified atom stereocenters. The summed E-state index contributed by atoms with van der Waals surface area (Å²) in [6.45, 7) is 0. The first-order valence-electron chi connectivity index (χ1n) is 7.36. The Labute approximate surface area is 127 Å². The maximum Gasteiger partial charge on any atom is 0.0708 e. The van der Waals surface area contributed by atoms with Crippen LogP contribution in [0.4, 0.5) is 0 Å². The molecule has 2 aromatic heterocycles. The van der Waals surface area contributed by atoms with Crippen LogP contribution < -0.4 is 0 Å². The van der Waals surface area contributed by atoms with Gasteiger partial charge in [-0.05, 0) is 45.8 Å². The van der Waals surface area contributed by atoms with Crippen LogP contribution in [0.15, 0.2) is 73.1 Å². The van der Waals surface area contributed by atoms with Gasteiger partial charge >= 0.3 is 0 Å². The van der Waals surface area contributed by atoms with Crippen molar-refractivity contribution in [1.29, 1.82) is 0 Å². The van der Waals surface area contributed by atoms with Crippen molar-refractivity contribution in [2.75, 3.05) is 0 Å². The molecule has 0 radical (unpaired) electrons. The number of benzene rings is 3. The second-order valence-electron chi connectivity index (χ2n) is 5.53. The number of hydrogen-bond acceptors (Lipinski definition) is 2. The lowest BCUT2D eigenvalue weighted by Crippen LogP contribution is -1.85. The van der Waals surface area contributed by atoms with Crippen molar-refractivity contribution >= 4 is 43.4 Å². The Morgan fingerprint density at radius 3 is 1.45 bits per heavy atom. The van der Waals surface area contributed by atoms with Gasteiger partial charge in [-0.2, -0.15) is 0 Å². The molecule has 0 saturated heterocycles. The quantitative estimate of drug-likeness (QED) is 0.369. The minimum atomic E-state index is 1.03. The molecule has 0 fully saturated rings. The van der Waals surface area contributed by atoms with Crippen LogP contribution in [0.3, 0.4) is 0 Å². The lowest BCUT2D eigenvalue weighted by Gasteiger charge is -2.10. The second-order valence-corrected chi connectivity index (χ2v) is 5.53. The topological polar surface area (TPSA) is 25.8 Å². The Hall–Kier alpha value is -3.00. The van der Waals surface area contributed by atoms with Crippen LogP contribution in [0, 0.1) is 0 Å². The van der Waals surface area contributed by atoms with Crippen molar-refractivity contribution in [3.8, 4) is 0 Å². The van der Waals surface area contributed by atoms with Crippen molar-refractivity contribution < 1.29 is 0 Å². The third-order valence-electron chi connectivity index (χ3n) is 4.33. The molecule has 0 N–H and O–H groups in total.